The first-order chi connectivity index (χ1) is 24.4. The minimum absolute atomic E-state index is 0.207. The molecule has 12 heteroatoms. The third-order valence-corrected chi connectivity index (χ3v) is 9.12. The van der Waals surface area contributed by atoms with E-state index in [4.69, 9.17) is 33.2 Å². The molecule has 2 N–H and O–H groups in total. The van der Waals surface area contributed by atoms with Crippen LogP contribution in [0, 0.1) is 0 Å². The fourth-order valence-electron chi connectivity index (χ4n) is 5.87. The standard InChI is InChI=1S/C38H62Cl2N10/c1-5-9-13-17-24-49(25-18-14-10-6-2)37-45-33(39)43-35(47-37)41-29-31-22-21-23-32(28-31)30-42-36-44-34(40)46-38(48-36)50(26-19-15-11-7-3)27-20-16-12-8-4/h21-23,28H,5-20,24-27,29-30H2,1-4H3,(H,41,43,45,47)(H,42,44,46,48). The zero-order valence-corrected chi connectivity index (χ0v) is 32.7. The van der Waals surface area contributed by atoms with E-state index in [0.717, 1.165) is 63.0 Å². The first kappa shape index (κ1) is 41.4. The number of halogens is 2. The maximum atomic E-state index is 6.42. The number of anilines is 4. The van der Waals surface area contributed by atoms with Crippen LogP contribution in [0.5, 0.6) is 0 Å². The molecule has 2 aromatic heterocycles. The van der Waals surface area contributed by atoms with Gasteiger partial charge in [0.15, 0.2) is 0 Å². The Kier molecular flexibility index (Phi) is 20.8. The molecule has 0 fully saturated rings. The van der Waals surface area contributed by atoms with Crippen molar-refractivity contribution < 1.29 is 0 Å². The average Bonchev–Trinajstić information content (AvgIpc) is 3.11. The Bertz CT molecular complexity index is 1220. The second-order valence-electron chi connectivity index (χ2n) is 13.2. The molecule has 0 unspecified atom stereocenters. The normalized spacial score (nSPS) is 11.2. The Morgan fingerprint density at radius 3 is 1.18 bits per heavy atom. The van der Waals surface area contributed by atoms with Crippen molar-refractivity contribution in [2.24, 2.45) is 0 Å². The number of aromatic nitrogens is 6. The van der Waals surface area contributed by atoms with Crippen molar-refractivity contribution in [2.75, 3.05) is 46.6 Å². The molecule has 0 amide bonds. The molecule has 0 aliphatic heterocycles. The van der Waals surface area contributed by atoms with E-state index in [1.807, 2.05) is 6.07 Å². The van der Waals surface area contributed by atoms with Crippen LogP contribution in [0.25, 0.3) is 0 Å². The van der Waals surface area contributed by atoms with E-state index >= 15 is 0 Å². The van der Waals surface area contributed by atoms with Crippen LogP contribution >= 0.6 is 23.2 Å². The maximum Gasteiger partial charge on any atom is 0.231 e. The number of hydrogen-bond acceptors (Lipinski definition) is 10. The minimum Gasteiger partial charge on any atom is -0.350 e. The molecular weight excluding hydrogens is 667 g/mol. The highest BCUT2D eigenvalue weighted by atomic mass is 35.5. The van der Waals surface area contributed by atoms with Crippen molar-refractivity contribution in [2.45, 2.75) is 144 Å². The highest BCUT2D eigenvalue weighted by Gasteiger charge is 2.15. The molecule has 50 heavy (non-hydrogen) atoms. The summed E-state index contributed by atoms with van der Waals surface area (Å²) in [6.45, 7) is 13.7. The summed E-state index contributed by atoms with van der Waals surface area (Å²) in [5.41, 5.74) is 2.19. The summed E-state index contributed by atoms with van der Waals surface area (Å²) in [5, 5.41) is 7.17. The van der Waals surface area contributed by atoms with Crippen LogP contribution in [0.1, 0.15) is 142 Å². The molecule has 2 heterocycles. The van der Waals surface area contributed by atoms with Gasteiger partial charge < -0.3 is 20.4 Å². The van der Waals surface area contributed by atoms with Gasteiger partial charge in [0.2, 0.25) is 34.4 Å². The third kappa shape index (κ3) is 16.4. The predicted molar refractivity (Wildman–Crippen MR) is 212 cm³/mol. The van der Waals surface area contributed by atoms with Gasteiger partial charge >= 0.3 is 0 Å². The first-order valence-corrected chi connectivity index (χ1v) is 20.1. The Morgan fingerprint density at radius 2 is 0.840 bits per heavy atom. The smallest absolute Gasteiger partial charge is 0.231 e. The van der Waals surface area contributed by atoms with Gasteiger partial charge in [0.1, 0.15) is 0 Å². The van der Waals surface area contributed by atoms with Gasteiger partial charge in [-0.3, -0.25) is 0 Å². The van der Waals surface area contributed by atoms with Gasteiger partial charge in [-0.05, 0) is 60.0 Å². The summed E-state index contributed by atoms with van der Waals surface area (Å²) in [5.74, 6) is 2.26. The van der Waals surface area contributed by atoms with E-state index in [2.05, 4.69) is 86.3 Å². The molecule has 1 aromatic carbocycles. The predicted octanol–water partition coefficient (Wildman–Crippen LogP) is 10.5. The minimum atomic E-state index is 0.207. The lowest BCUT2D eigenvalue weighted by atomic mass is 10.1. The molecule has 10 nitrogen and oxygen atoms in total. The number of hydrogen-bond donors (Lipinski definition) is 2. The molecule has 0 aliphatic carbocycles. The van der Waals surface area contributed by atoms with Crippen molar-refractivity contribution in [3.63, 3.8) is 0 Å². The maximum absolute atomic E-state index is 6.42. The largest absolute Gasteiger partial charge is 0.350 e. The van der Waals surface area contributed by atoms with E-state index in [9.17, 15) is 0 Å². The molecule has 0 radical (unpaired) electrons. The zero-order chi connectivity index (χ0) is 35.8. The van der Waals surface area contributed by atoms with Gasteiger partial charge in [-0.1, -0.05) is 129 Å². The van der Waals surface area contributed by atoms with Crippen molar-refractivity contribution in [3.8, 4) is 0 Å². The average molecular weight is 730 g/mol. The van der Waals surface area contributed by atoms with Crippen LogP contribution < -0.4 is 20.4 Å². The Hall–Kier alpha value is -2.98. The second kappa shape index (κ2) is 25.1. The summed E-state index contributed by atoms with van der Waals surface area (Å²) >= 11 is 12.8. The lowest BCUT2D eigenvalue weighted by Gasteiger charge is -2.23. The molecule has 0 saturated carbocycles. The van der Waals surface area contributed by atoms with E-state index in [-0.39, 0.29) is 10.6 Å². The third-order valence-electron chi connectivity index (χ3n) is 8.78. The van der Waals surface area contributed by atoms with Gasteiger partial charge in [-0.2, -0.15) is 29.9 Å². The number of unbranched alkanes of at least 4 members (excludes halogenated alkanes) is 12. The van der Waals surface area contributed by atoms with Gasteiger partial charge in [-0.25, -0.2) is 0 Å². The lowest BCUT2D eigenvalue weighted by Crippen LogP contribution is -2.28. The van der Waals surface area contributed by atoms with Gasteiger partial charge in [0.25, 0.3) is 0 Å². The zero-order valence-electron chi connectivity index (χ0n) is 31.2. The van der Waals surface area contributed by atoms with Crippen LogP contribution in [-0.2, 0) is 13.1 Å². The Labute approximate surface area is 312 Å². The van der Waals surface area contributed by atoms with Crippen LogP contribution in [0.4, 0.5) is 23.8 Å². The number of benzene rings is 1. The summed E-state index contributed by atoms with van der Waals surface area (Å²) in [6.07, 6.45) is 19.1. The van der Waals surface area contributed by atoms with Crippen molar-refractivity contribution in [1.29, 1.82) is 0 Å². The van der Waals surface area contributed by atoms with Gasteiger partial charge in [-0.15, -0.1) is 0 Å². The fraction of sp³-hybridized carbons (Fsp3) is 0.684. The van der Waals surface area contributed by atoms with E-state index in [1.54, 1.807) is 0 Å². The molecule has 0 bridgehead atoms. The highest BCUT2D eigenvalue weighted by molar-refractivity contribution is 6.28. The highest BCUT2D eigenvalue weighted by Crippen LogP contribution is 2.20. The SMILES string of the molecule is CCCCCCN(CCCCCC)c1nc(Cl)nc(NCc2cccc(CNc3nc(Cl)nc(N(CCCCCC)CCCCCC)n3)c2)n1. The Morgan fingerprint density at radius 1 is 0.480 bits per heavy atom. The Balaban J connectivity index is 1.63. The summed E-state index contributed by atoms with van der Waals surface area (Å²) in [6, 6.07) is 8.37. The van der Waals surface area contributed by atoms with E-state index < -0.39 is 0 Å². The van der Waals surface area contributed by atoms with Crippen LogP contribution in [0.3, 0.4) is 0 Å². The molecule has 278 valence electrons. The summed E-state index contributed by atoms with van der Waals surface area (Å²) in [7, 11) is 0. The van der Waals surface area contributed by atoms with Crippen molar-refractivity contribution >= 4 is 47.0 Å². The second-order valence-corrected chi connectivity index (χ2v) is 13.9. The molecule has 0 aliphatic rings. The van der Waals surface area contributed by atoms with Crippen LogP contribution in [-0.4, -0.2) is 56.1 Å². The lowest BCUT2D eigenvalue weighted by molar-refractivity contribution is 0.600. The fourth-order valence-corrected chi connectivity index (χ4v) is 6.18. The summed E-state index contributed by atoms with van der Waals surface area (Å²) < 4.78 is 0. The molecular formula is C38H62Cl2N10. The molecule has 0 saturated heterocycles. The van der Waals surface area contributed by atoms with Gasteiger partial charge in [0, 0.05) is 39.3 Å². The molecule has 0 spiro atoms. The summed E-state index contributed by atoms with van der Waals surface area (Å²) in [4.78, 5) is 31.9. The van der Waals surface area contributed by atoms with Crippen LogP contribution in [0.15, 0.2) is 24.3 Å². The van der Waals surface area contributed by atoms with Crippen LogP contribution in [0.2, 0.25) is 10.6 Å². The number of nitrogens with zero attached hydrogens (tertiary/aromatic N) is 8. The van der Waals surface area contributed by atoms with E-state index in [1.165, 1.54) is 77.0 Å². The van der Waals surface area contributed by atoms with E-state index in [0.29, 0.717) is 36.9 Å². The topological polar surface area (TPSA) is 108 Å². The van der Waals surface area contributed by atoms with Crippen molar-refractivity contribution in [1.82, 2.24) is 29.9 Å². The van der Waals surface area contributed by atoms with Gasteiger partial charge in [0.05, 0.1) is 0 Å². The molecule has 3 aromatic rings. The molecule has 3 rings (SSSR count). The quantitative estimate of drug-likeness (QED) is 0.0701. The first-order valence-electron chi connectivity index (χ1n) is 19.3. The molecule has 0 atom stereocenters. The number of nitrogens with one attached hydrogen (secondary N) is 2. The number of rotatable bonds is 28. The monoisotopic (exact) mass is 728 g/mol. The van der Waals surface area contributed by atoms with Crippen molar-refractivity contribution in [3.05, 3.63) is 46.0 Å².